The molecule has 0 heterocycles. The first-order chi connectivity index (χ1) is 32.5. The van der Waals surface area contributed by atoms with Gasteiger partial charge < -0.3 is 14.2 Å². The van der Waals surface area contributed by atoms with Crippen molar-refractivity contribution in [3.8, 4) is 0 Å². The Morgan fingerprint density at radius 1 is 0.303 bits per heavy atom. The first-order valence-corrected chi connectivity index (χ1v) is 28.3. The average molecular weight is 924 g/mol. The van der Waals surface area contributed by atoms with E-state index < -0.39 is 6.10 Å². The number of allylic oxidation sites excluding steroid dienone is 10. The fourth-order valence-corrected chi connectivity index (χ4v) is 7.95. The number of ether oxygens (including phenoxy) is 3. The number of carbonyl (C=O) groups is 3. The molecule has 0 unspecified atom stereocenters. The molecule has 6 heteroatoms. The van der Waals surface area contributed by atoms with Crippen molar-refractivity contribution >= 4 is 17.9 Å². The smallest absolute Gasteiger partial charge is 0.306 e. The zero-order valence-electron chi connectivity index (χ0n) is 43.7. The lowest BCUT2D eigenvalue weighted by Crippen LogP contribution is -2.30. The van der Waals surface area contributed by atoms with Crippen molar-refractivity contribution in [1.29, 1.82) is 0 Å². The van der Waals surface area contributed by atoms with Gasteiger partial charge in [0.25, 0.3) is 0 Å². The Balaban J connectivity index is 4.39. The van der Waals surface area contributed by atoms with Crippen LogP contribution in [0.1, 0.15) is 284 Å². The van der Waals surface area contributed by atoms with E-state index in [0.717, 1.165) is 89.9 Å². The Morgan fingerprint density at radius 3 is 0.879 bits per heavy atom. The minimum absolute atomic E-state index is 0.0809. The summed E-state index contributed by atoms with van der Waals surface area (Å²) in [6.07, 6.45) is 67.7. The summed E-state index contributed by atoms with van der Waals surface area (Å²) in [6, 6.07) is 0. The number of esters is 3. The zero-order chi connectivity index (χ0) is 47.9. The van der Waals surface area contributed by atoms with E-state index in [1.54, 1.807) is 0 Å². The first kappa shape index (κ1) is 63.1. The predicted octanol–water partition coefficient (Wildman–Crippen LogP) is 18.8. The molecule has 0 bridgehead atoms. The molecule has 382 valence electrons. The van der Waals surface area contributed by atoms with Gasteiger partial charge in [0.05, 0.1) is 0 Å². The molecule has 0 aromatic rings. The Bertz CT molecular complexity index is 1200. The standard InChI is InChI=1S/C60H106O6/c1-4-7-10-13-16-19-22-25-27-29-30-32-34-36-39-42-45-48-51-54-60(63)66-57(55-64-58(61)52-49-46-43-40-37-24-21-18-15-12-9-6-3)56-65-59(62)53-50-47-44-41-38-35-33-31-28-26-23-20-17-14-11-8-5-2/h16-17,19-20,25-28,33,35,57H,4-15,18,21-24,29-32,34,36-56H2,1-3H3/b19-16-,20-17-,27-25-,28-26-,35-33-/t57-/m0/s1. The van der Waals surface area contributed by atoms with Crippen LogP contribution < -0.4 is 0 Å². The van der Waals surface area contributed by atoms with E-state index in [0.29, 0.717) is 19.3 Å². The van der Waals surface area contributed by atoms with E-state index in [1.807, 2.05) is 0 Å². The largest absolute Gasteiger partial charge is 0.462 e. The molecule has 0 spiro atoms. The summed E-state index contributed by atoms with van der Waals surface area (Å²) in [7, 11) is 0. The van der Waals surface area contributed by atoms with E-state index in [2.05, 4.69) is 81.5 Å². The number of hydrogen-bond acceptors (Lipinski definition) is 6. The number of unbranched alkanes of at least 4 members (excludes halogenated alkanes) is 30. The van der Waals surface area contributed by atoms with Crippen molar-refractivity contribution in [3.05, 3.63) is 60.8 Å². The van der Waals surface area contributed by atoms with E-state index in [9.17, 15) is 14.4 Å². The van der Waals surface area contributed by atoms with E-state index in [4.69, 9.17) is 14.2 Å². The second-order valence-corrected chi connectivity index (χ2v) is 18.8. The molecular weight excluding hydrogens is 817 g/mol. The van der Waals surface area contributed by atoms with Crippen molar-refractivity contribution in [2.24, 2.45) is 0 Å². The minimum atomic E-state index is -0.784. The summed E-state index contributed by atoms with van der Waals surface area (Å²) < 4.78 is 16.8. The van der Waals surface area contributed by atoms with Crippen molar-refractivity contribution < 1.29 is 28.6 Å². The summed E-state index contributed by atoms with van der Waals surface area (Å²) in [6.45, 7) is 6.58. The van der Waals surface area contributed by atoms with Gasteiger partial charge in [-0.3, -0.25) is 14.4 Å². The van der Waals surface area contributed by atoms with Crippen LogP contribution in [0.5, 0.6) is 0 Å². The first-order valence-electron chi connectivity index (χ1n) is 28.3. The molecule has 0 rings (SSSR count). The SMILES string of the molecule is CCCCC/C=C\C/C=C\C/C=C\CCCCCCC(=O)OC[C@H](COC(=O)CCCCCCCCCCCCCC)OC(=O)CCCCCCCCCCC/C=C\C/C=C\CCCCC. The van der Waals surface area contributed by atoms with Crippen LogP contribution >= 0.6 is 0 Å². The van der Waals surface area contributed by atoms with Gasteiger partial charge in [0.15, 0.2) is 6.10 Å². The van der Waals surface area contributed by atoms with Gasteiger partial charge >= 0.3 is 17.9 Å². The molecule has 0 saturated heterocycles. The number of rotatable bonds is 51. The Hall–Kier alpha value is -2.89. The van der Waals surface area contributed by atoms with Crippen LogP contribution in [0.2, 0.25) is 0 Å². The molecule has 0 aliphatic heterocycles. The van der Waals surface area contributed by atoms with Gasteiger partial charge in [0, 0.05) is 19.3 Å². The summed E-state index contributed by atoms with van der Waals surface area (Å²) in [5.41, 5.74) is 0. The topological polar surface area (TPSA) is 78.9 Å². The molecule has 0 N–H and O–H groups in total. The summed E-state index contributed by atoms with van der Waals surface area (Å²) in [4.78, 5) is 38.1. The Morgan fingerprint density at radius 2 is 0.545 bits per heavy atom. The molecule has 0 saturated carbocycles. The number of carbonyl (C=O) groups excluding carboxylic acids is 3. The molecule has 0 aliphatic carbocycles. The van der Waals surface area contributed by atoms with Crippen LogP contribution in [0, 0.1) is 0 Å². The van der Waals surface area contributed by atoms with Crippen molar-refractivity contribution in [2.75, 3.05) is 13.2 Å². The lowest BCUT2D eigenvalue weighted by Gasteiger charge is -2.18. The molecule has 0 aromatic heterocycles. The highest BCUT2D eigenvalue weighted by molar-refractivity contribution is 5.71. The van der Waals surface area contributed by atoms with Crippen LogP contribution in [0.15, 0.2) is 60.8 Å². The molecule has 1 atom stereocenters. The Labute approximate surface area is 409 Å². The molecule has 0 aromatic carbocycles. The molecule has 0 fully saturated rings. The van der Waals surface area contributed by atoms with Crippen LogP contribution in [0.25, 0.3) is 0 Å². The van der Waals surface area contributed by atoms with Gasteiger partial charge in [0.1, 0.15) is 13.2 Å². The molecule has 6 nitrogen and oxygen atoms in total. The molecule has 0 aliphatic rings. The van der Waals surface area contributed by atoms with Gasteiger partial charge in [-0.1, -0.05) is 236 Å². The maximum Gasteiger partial charge on any atom is 0.306 e. The lowest BCUT2D eigenvalue weighted by atomic mass is 10.0. The van der Waals surface area contributed by atoms with E-state index >= 15 is 0 Å². The van der Waals surface area contributed by atoms with Gasteiger partial charge in [-0.05, 0) is 89.9 Å². The highest BCUT2D eigenvalue weighted by atomic mass is 16.6. The van der Waals surface area contributed by atoms with Gasteiger partial charge in [-0.25, -0.2) is 0 Å². The molecule has 0 amide bonds. The summed E-state index contributed by atoms with van der Waals surface area (Å²) in [5, 5.41) is 0. The molecule has 66 heavy (non-hydrogen) atoms. The average Bonchev–Trinajstić information content (AvgIpc) is 3.31. The highest BCUT2D eigenvalue weighted by Crippen LogP contribution is 2.15. The molecule has 0 radical (unpaired) electrons. The van der Waals surface area contributed by atoms with Crippen LogP contribution in [0.3, 0.4) is 0 Å². The van der Waals surface area contributed by atoms with E-state index in [-0.39, 0.29) is 31.1 Å². The highest BCUT2D eigenvalue weighted by Gasteiger charge is 2.19. The summed E-state index contributed by atoms with van der Waals surface area (Å²) >= 11 is 0. The van der Waals surface area contributed by atoms with Crippen molar-refractivity contribution in [2.45, 2.75) is 290 Å². The fourth-order valence-electron chi connectivity index (χ4n) is 7.95. The quantitative estimate of drug-likeness (QED) is 0.0262. The molecular formula is C60H106O6. The van der Waals surface area contributed by atoms with Crippen LogP contribution in [-0.4, -0.2) is 37.2 Å². The fraction of sp³-hybridized carbons (Fsp3) is 0.783. The lowest BCUT2D eigenvalue weighted by molar-refractivity contribution is -0.167. The second kappa shape index (κ2) is 54.7. The maximum atomic E-state index is 12.8. The number of hydrogen-bond donors (Lipinski definition) is 0. The normalized spacial score (nSPS) is 12.5. The third kappa shape index (κ3) is 52.1. The van der Waals surface area contributed by atoms with Crippen LogP contribution in [0.4, 0.5) is 0 Å². The third-order valence-corrected chi connectivity index (χ3v) is 12.2. The van der Waals surface area contributed by atoms with Gasteiger partial charge in [-0.15, -0.1) is 0 Å². The second-order valence-electron chi connectivity index (χ2n) is 18.8. The maximum absolute atomic E-state index is 12.8. The van der Waals surface area contributed by atoms with Crippen molar-refractivity contribution in [1.82, 2.24) is 0 Å². The van der Waals surface area contributed by atoms with Gasteiger partial charge in [0.2, 0.25) is 0 Å². The van der Waals surface area contributed by atoms with Crippen LogP contribution in [-0.2, 0) is 28.6 Å². The monoisotopic (exact) mass is 923 g/mol. The van der Waals surface area contributed by atoms with Crippen molar-refractivity contribution in [3.63, 3.8) is 0 Å². The third-order valence-electron chi connectivity index (χ3n) is 12.2. The minimum Gasteiger partial charge on any atom is -0.462 e. The Kier molecular flexibility index (Phi) is 52.3. The van der Waals surface area contributed by atoms with Gasteiger partial charge in [-0.2, -0.15) is 0 Å². The predicted molar refractivity (Wildman–Crippen MR) is 284 cm³/mol. The summed E-state index contributed by atoms with van der Waals surface area (Å²) in [5.74, 6) is -0.898. The van der Waals surface area contributed by atoms with E-state index in [1.165, 1.54) is 154 Å². The zero-order valence-corrected chi connectivity index (χ0v) is 43.7.